The van der Waals surface area contributed by atoms with Crippen molar-refractivity contribution in [2.75, 3.05) is 6.54 Å². The molecule has 0 aliphatic heterocycles. The van der Waals surface area contributed by atoms with Crippen molar-refractivity contribution in [2.24, 2.45) is 23.3 Å². The maximum absolute atomic E-state index is 11.5. The van der Waals surface area contributed by atoms with E-state index >= 15 is 0 Å². The molecule has 92 valence electrons. The molecule has 3 unspecified atom stereocenters. The van der Waals surface area contributed by atoms with Crippen LogP contribution in [0.2, 0.25) is 0 Å². The Kier molecular flexibility index (Phi) is 4.73. The third-order valence-corrected chi connectivity index (χ3v) is 3.13. The molecule has 0 radical (unpaired) electrons. The molecule has 0 aromatic carbocycles. The molecule has 0 heterocycles. The second-order valence-electron chi connectivity index (χ2n) is 4.81. The van der Waals surface area contributed by atoms with E-state index in [1.54, 1.807) is 0 Å². The fourth-order valence-corrected chi connectivity index (χ4v) is 2.20. The van der Waals surface area contributed by atoms with Crippen LogP contribution >= 0.6 is 0 Å². The van der Waals surface area contributed by atoms with Gasteiger partial charge in [0.15, 0.2) is 0 Å². The monoisotopic (exact) mass is 227 g/mol. The Morgan fingerprint density at radius 1 is 1.44 bits per heavy atom. The van der Waals surface area contributed by atoms with Crippen LogP contribution in [-0.2, 0) is 9.59 Å². The molecule has 1 aliphatic rings. The van der Waals surface area contributed by atoms with Crippen molar-refractivity contribution >= 4 is 11.8 Å². The summed E-state index contributed by atoms with van der Waals surface area (Å²) in [5.74, 6) is 0.483. The first-order valence-corrected chi connectivity index (χ1v) is 5.80. The van der Waals surface area contributed by atoms with E-state index in [1.807, 2.05) is 0 Å². The third-order valence-electron chi connectivity index (χ3n) is 3.13. The van der Waals surface area contributed by atoms with Gasteiger partial charge in [0.05, 0.1) is 12.5 Å². The van der Waals surface area contributed by atoms with Gasteiger partial charge < -0.3 is 16.8 Å². The van der Waals surface area contributed by atoms with E-state index in [4.69, 9.17) is 11.5 Å². The van der Waals surface area contributed by atoms with Crippen molar-refractivity contribution in [3.05, 3.63) is 0 Å². The topological polar surface area (TPSA) is 98.2 Å². The van der Waals surface area contributed by atoms with Gasteiger partial charge in [-0.05, 0) is 24.7 Å². The smallest absolute Gasteiger partial charge is 0.237 e. The molecule has 5 N–H and O–H groups in total. The Balaban J connectivity index is 2.21. The Hall–Kier alpha value is -1.10. The first-order valence-electron chi connectivity index (χ1n) is 5.80. The summed E-state index contributed by atoms with van der Waals surface area (Å²) in [5, 5.41) is 2.78. The van der Waals surface area contributed by atoms with Crippen molar-refractivity contribution < 1.29 is 9.59 Å². The lowest BCUT2D eigenvalue weighted by molar-refractivity contribution is -0.126. The van der Waals surface area contributed by atoms with Crippen LogP contribution in [0.25, 0.3) is 0 Å². The SMILES string of the molecule is CC1CCC(CNC(=O)C(N)CC(N)=O)C1. The van der Waals surface area contributed by atoms with Crippen LogP contribution in [0.3, 0.4) is 0 Å². The molecule has 0 bridgehead atoms. The maximum Gasteiger partial charge on any atom is 0.237 e. The van der Waals surface area contributed by atoms with Crippen LogP contribution in [0.1, 0.15) is 32.6 Å². The van der Waals surface area contributed by atoms with Gasteiger partial charge in [-0.2, -0.15) is 0 Å². The molecule has 0 saturated heterocycles. The van der Waals surface area contributed by atoms with Gasteiger partial charge in [-0.1, -0.05) is 13.3 Å². The standard InChI is InChI=1S/C11H21N3O2/c1-7-2-3-8(4-7)6-14-11(16)9(12)5-10(13)15/h7-9H,2-6,12H2,1H3,(H2,13,15)(H,14,16). The van der Waals surface area contributed by atoms with Crippen LogP contribution in [-0.4, -0.2) is 24.4 Å². The van der Waals surface area contributed by atoms with Gasteiger partial charge in [0.1, 0.15) is 0 Å². The van der Waals surface area contributed by atoms with E-state index in [2.05, 4.69) is 12.2 Å². The Morgan fingerprint density at radius 3 is 2.62 bits per heavy atom. The van der Waals surface area contributed by atoms with Gasteiger partial charge in [-0.15, -0.1) is 0 Å². The molecule has 0 aromatic rings. The molecule has 0 aromatic heterocycles. The first-order chi connectivity index (χ1) is 7.49. The number of nitrogens with two attached hydrogens (primary N) is 2. The largest absolute Gasteiger partial charge is 0.370 e. The lowest BCUT2D eigenvalue weighted by Crippen LogP contribution is -2.44. The van der Waals surface area contributed by atoms with Gasteiger partial charge in [-0.3, -0.25) is 9.59 Å². The molecule has 1 aliphatic carbocycles. The molecular formula is C11H21N3O2. The van der Waals surface area contributed by atoms with E-state index in [1.165, 1.54) is 6.42 Å². The zero-order valence-corrected chi connectivity index (χ0v) is 9.74. The van der Waals surface area contributed by atoms with Crippen molar-refractivity contribution in [2.45, 2.75) is 38.6 Å². The minimum Gasteiger partial charge on any atom is -0.370 e. The normalized spacial score (nSPS) is 26.4. The molecule has 3 atom stereocenters. The van der Waals surface area contributed by atoms with E-state index in [0.717, 1.165) is 18.8 Å². The number of hydrogen-bond acceptors (Lipinski definition) is 3. The predicted octanol–water partition coefficient (Wildman–Crippen LogP) is -0.258. The molecule has 2 amide bonds. The number of nitrogens with one attached hydrogen (secondary N) is 1. The number of amides is 2. The zero-order valence-electron chi connectivity index (χ0n) is 9.74. The second kappa shape index (κ2) is 5.84. The Bertz CT molecular complexity index is 268. The minimum absolute atomic E-state index is 0.0904. The highest BCUT2D eigenvalue weighted by atomic mass is 16.2. The highest BCUT2D eigenvalue weighted by molar-refractivity contribution is 5.87. The Labute approximate surface area is 95.9 Å². The summed E-state index contributed by atoms with van der Waals surface area (Å²) in [6.07, 6.45) is 3.46. The van der Waals surface area contributed by atoms with Gasteiger partial charge in [-0.25, -0.2) is 0 Å². The van der Waals surface area contributed by atoms with Crippen molar-refractivity contribution in [3.63, 3.8) is 0 Å². The van der Waals surface area contributed by atoms with Crippen molar-refractivity contribution in [3.8, 4) is 0 Å². The molecular weight excluding hydrogens is 206 g/mol. The fourth-order valence-electron chi connectivity index (χ4n) is 2.20. The number of carbonyl (C=O) groups is 2. The van der Waals surface area contributed by atoms with Gasteiger partial charge in [0, 0.05) is 6.54 Å². The van der Waals surface area contributed by atoms with Crippen molar-refractivity contribution in [1.82, 2.24) is 5.32 Å². The average molecular weight is 227 g/mol. The summed E-state index contributed by atoms with van der Waals surface area (Å²) in [6, 6.07) is -0.809. The highest BCUT2D eigenvalue weighted by Gasteiger charge is 2.23. The summed E-state index contributed by atoms with van der Waals surface area (Å²) in [6.45, 7) is 2.89. The summed E-state index contributed by atoms with van der Waals surface area (Å²) in [4.78, 5) is 22.1. The van der Waals surface area contributed by atoms with E-state index in [0.29, 0.717) is 12.5 Å². The predicted molar refractivity (Wildman–Crippen MR) is 61.3 cm³/mol. The van der Waals surface area contributed by atoms with Crippen LogP contribution in [0.5, 0.6) is 0 Å². The number of primary amides is 1. The number of hydrogen-bond donors (Lipinski definition) is 3. The molecule has 5 heteroatoms. The minimum atomic E-state index is -0.809. The molecule has 1 fully saturated rings. The summed E-state index contributed by atoms with van der Waals surface area (Å²) < 4.78 is 0. The summed E-state index contributed by atoms with van der Waals surface area (Å²) in [5.41, 5.74) is 10.5. The lowest BCUT2D eigenvalue weighted by atomic mass is 10.1. The van der Waals surface area contributed by atoms with Crippen LogP contribution in [0, 0.1) is 11.8 Å². The van der Waals surface area contributed by atoms with E-state index < -0.39 is 11.9 Å². The Morgan fingerprint density at radius 2 is 2.12 bits per heavy atom. The third kappa shape index (κ3) is 4.18. The van der Waals surface area contributed by atoms with Gasteiger partial charge >= 0.3 is 0 Å². The molecule has 1 saturated carbocycles. The van der Waals surface area contributed by atoms with Crippen LogP contribution < -0.4 is 16.8 Å². The van der Waals surface area contributed by atoms with Crippen LogP contribution in [0.15, 0.2) is 0 Å². The van der Waals surface area contributed by atoms with Crippen molar-refractivity contribution in [1.29, 1.82) is 0 Å². The average Bonchev–Trinajstić information content (AvgIpc) is 2.59. The fraction of sp³-hybridized carbons (Fsp3) is 0.818. The van der Waals surface area contributed by atoms with Crippen LogP contribution in [0.4, 0.5) is 0 Å². The summed E-state index contributed by atoms with van der Waals surface area (Å²) in [7, 11) is 0. The molecule has 1 rings (SSSR count). The number of rotatable bonds is 5. The quantitative estimate of drug-likeness (QED) is 0.603. The molecule has 0 spiro atoms. The molecule has 5 nitrogen and oxygen atoms in total. The summed E-state index contributed by atoms with van der Waals surface area (Å²) >= 11 is 0. The molecule has 16 heavy (non-hydrogen) atoms. The highest BCUT2D eigenvalue weighted by Crippen LogP contribution is 2.29. The second-order valence-corrected chi connectivity index (χ2v) is 4.81. The lowest BCUT2D eigenvalue weighted by Gasteiger charge is -2.14. The van der Waals surface area contributed by atoms with Gasteiger partial charge in [0.2, 0.25) is 11.8 Å². The number of carbonyl (C=O) groups excluding carboxylic acids is 2. The zero-order chi connectivity index (χ0) is 12.1. The first kappa shape index (κ1) is 13.0. The van der Waals surface area contributed by atoms with Gasteiger partial charge in [0.25, 0.3) is 0 Å². The van der Waals surface area contributed by atoms with E-state index in [-0.39, 0.29) is 12.3 Å². The maximum atomic E-state index is 11.5. The van der Waals surface area contributed by atoms with E-state index in [9.17, 15) is 9.59 Å².